The SMILES string of the molecule is CC(C)=C(NC(=O)c1ccccc1)C(=O)NCc1ccccc1. The number of benzene rings is 2. The van der Waals surface area contributed by atoms with Crippen molar-refractivity contribution in [3.63, 3.8) is 0 Å². The molecular formula is C19H20N2O2. The van der Waals surface area contributed by atoms with Gasteiger partial charge in [-0.2, -0.15) is 0 Å². The Labute approximate surface area is 136 Å². The first-order chi connectivity index (χ1) is 11.1. The molecule has 0 aliphatic rings. The zero-order chi connectivity index (χ0) is 16.7. The van der Waals surface area contributed by atoms with Crippen LogP contribution in [-0.4, -0.2) is 11.8 Å². The van der Waals surface area contributed by atoms with Gasteiger partial charge in [0.2, 0.25) is 0 Å². The average Bonchev–Trinajstić information content (AvgIpc) is 2.58. The predicted molar refractivity (Wildman–Crippen MR) is 90.6 cm³/mol. The third-order valence-corrected chi connectivity index (χ3v) is 3.30. The summed E-state index contributed by atoms with van der Waals surface area (Å²) in [6.07, 6.45) is 0. The fraction of sp³-hybridized carbons (Fsp3) is 0.158. The fourth-order valence-electron chi connectivity index (χ4n) is 2.05. The Bertz CT molecular complexity index is 703. The van der Waals surface area contributed by atoms with Crippen LogP contribution in [0.1, 0.15) is 29.8 Å². The number of hydrogen-bond acceptors (Lipinski definition) is 2. The Morgan fingerprint density at radius 2 is 1.43 bits per heavy atom. The maximum Gasteiger partial charge on any atom is 0.267 e. The molecule has 0 atom stereocenters. The molecule has 0 saturated heterocycles. The van der Waals surface area contributed by atoms with Crippen molar-refractivity contribution in [1.82, 2.24) is 10.6 Å². The highest BCUT2D eigenvalue weighted by atomic mass is 16.2. The van der Waals surface area contributed by atoms with Crippen LogP contribution in [0.3, 0.4) is 0 Å². The summed E-state index contributed by atoms with van der Waals surface area (Å²) in [5.74, 6) is -0.588. The Hall–Kier alpha value is -2.88. The van der Waals surface area contributed by atoms with Gasteiger partial charge in [-0.15, -0.1) is 0 Å². The summed E-state index contributed by atoms with van der Waals surface area (Å²) in [5, 5.41) is 5.52. The summed E-state index contributed by atoms with van der Waals surface area (Å²) in [6.45, 7) is 4.00. The molecule has 4 nitrogen and oxygen atoms in total. The molecule has 2 rings (SSSR count). The van der Waals surface area contributed by atoms with E-state index in [1.807, 2.05) is 36.4 Å². The molecule has 2 aromatic carbocycles. The molecular weight excluding hydrogens is 288 g/mol. The first-order valence-corrected chi connectivity index (χ1v) is 7.44. The minimum atomic E-state index is -0.295. The Kier molecular flexibility index (Phi) is 5.69. The zero-order valence-electron chi connectivity index (χ0n) is 13.3. The van der Waals surface area contributed by atoms with Crippen molar-refractivity contribution in [2.45, 2.75) is 20.4 Å². The lowest BCUT2D eigenvalue weighted by Gasteiger charge is -2.12. The first-order valence-electron chi connectivity index (χ1n) is 7.44. The molecule has 0 unspecified atom stereocenters. The average molecular weight is 308 g/mol. The van der Waals surface area contributed by atoms with Crippen molar-refractivity contribution in [2.75, 3.05) is 0 Å². The van der Waals surface area contributed by atoms with Gasteiger partial charge >= 0.3 is 0 Å². The molecule has 4 heteroatoms. The summed E-state index contributed by atoms with van der Waals surface area (Å²) in [6, 6.07) is 18.5. The smallest absolute Gasteiger partial charge is 0.267 e. The summed E-state index contributed by atoms with van der Waals surface area (Å²) >= 11 is 0. The number of amides is 2. The molecule has 0 radical (unpaired) electrons. The molecule has 118 valence electrons. The van der Waals surface area contributed by atoms with Crippen LogP contribution >= 0.6 is 0 Å². The minimum absolute atomic E-state index is 0.287. The van der Waals surface area contributed by atoms with E-state index in [4.69, 9.17) is 0 Å². The molecule has 0 bridgehead atoms. The van der Waals surface area contributed by atoms with E-state index in [0.717, 1.165) is 11.1 Å². The molecule has 2 N–H and O–H groups in total. The van der Waals surface area contributed by atoms with E-state index >= 15 is 0 Å². The fourth-order valence-corrected chi connectivity index (χ4v) is 2.05. The van der Waals surface area contributed by atoms with Gasteiger partial charge in [0, 0.05) is 12.1 Å². The number of carbonyl (C=O) groups is 2. The number of rotatable bonds is 5. The van der Waals surface area contributed by atoms with Crippen LogP contribution in [0, 0.1) is 0 Å². The summed E-state index contributed by atoms with van der Waals surface area (Å²) in [4.78, 5) is 24.6. The highest BCUT2D eigenvalue weighted by Gasteiger charge is 2.15. The number of hydrogen-bond donors (Lipinski definition) is 2. The first kappa shape index (κ1) is 16.5. The molecule has 0 aliphatic heterocycles. The van der Waals surface area contributed by atoms with Gasteiger partial charge < -0.3 is 10.6 Å². The van der Waals surface area contributed by atoms with E-state index < -0.39 is 0 Å². The minimum Gasteiger partial charge on any atom is -0.347 e. The second-order valence-corrected chi connectivity index (χ2v) is 5.36. The van der Waals surface area contributed by atoms with E-state index in [1.54, 1.807) is 38.1 Å². The monoisotopic (exact) mass is 308 g/mol. The van der Waals surface area contributed by atoms with Crippen LogP contribution in [0.2, 0.25) is 0 Å². The molecule has 0 aliphatic carbocycles. The number of allylic oxidation sites excluding steroid dienone is 1. The van der Waals surface area contributed by atoms with Gasteiger partial charge in [0.15, 0.2) is 0 Å². The van der Waals surface area contributed by atoms with Crippen LogP contribution in [-0.2, 0) is 11.3 Å². The molecule has 0 saturated carbocycles. The second kappa shape index (κ2) is 7.94. The summed E-state index contributed by atoms with van der Waals surface area (Å²) in [5.41, 5.74) is 2.56. The number of carbonyl (C=O) groups excluding carboxylic acids is 2. The molecule has 2 aromatic rings. The van der Waals surface area contributed by atoms with E-state index in [9.17, 15) is 9.59 Å². The van der Waals surface area contributed by atoms with Gasteiger partial charge in [0.25, 0.3) is 11.8 Å². The Morgan fingerprint density at radius 1 is 0.870 bits per heavy atom. The predicted octanol–water partition coefficient (Wildman–Crippen LogP) is 3.03. The van der Waals surface area contributed by atoms with Crippen molar-refractivity contribution in [3.8, 4) is 0 Å². The van der Waals surface area contributed by atoms with Gasteiger partial charge in [-0.3, -0.25) is 9.59 Å². The van der Waals surface area contributed by atoms with Crippen LogP contribution < -0.4 is 10.6 Å². The lowest BCUT2D eigenvalue weighted by atomic mass is 10.1. The topological polar surface area (TPSA) is 58.2 Å². The van der Waals surface area contributed by atoms with Crippen LogP contribution in [0.15, 0.2) is 71.9 Å². The van der Waals surface area contributed by atoms with Crippen molar-refractivity contribution >= 4 is 11.8 Å². The highest BCUT2D eigenvalue weighted by Crippen LogP contribution is 2.05. The largest absolute Gasteiger partial charge is 0.347 e. The molecule has 2 amide bonds. The van der Waals surface area contributed by atoms with Gasteiger partial charge in [0.1, 0.15) is 5.70 Å². The second-order valence-electron chi connectivity index (χ2n) is 5.36. The zero-order valence-corrected chi connectivity index (χ0v) is 13.3. The highest BCUT2D eigenvalue weighted by molar-refractivity contribution is 6.03. The van der Waals surface area contributed by atoms with Crippen LogP contribution in [0.25, 0.3) is 0 Å². The van der Waals surface area contributed by atoms with Gasteiger partial charge in [-0.05, 0) is 37.1 Å². The normalized spacial score (nSPS) is 9.83. The summed E-state index contributed by atoms with van der Waals surface area (Å²) < 4.78 is 0. The Morgan fingerprint density at radius 3 is 2.00 bits per heavy atom. The van der Waals surface area contributed by atoms with Crippen LogP contribution in [0.4, 0.5) is 0 Å². The molecule has 0 spiro atoms. The lowest BCUT2D eigenvalue weighted by molar-refractivity contribution is -0.118. The lowest BCUT2D eigenvalue weighted by Crippen LogP contribution is -2.35. The van der Waals surface area contributed by atoms with Gasteiger partial charge in [-0.25, -0.2) is 0 Å². The molecule has 0 heterocycles. The van der Waals surface area contributed by atoms with Crippen molar-refractivity contribution in [1.29, 1.82) is 0 Å². The van der Waals surface area contributed by atoms with E-state index in [0.29, 0.717) is 12.1 Å². The molecule has 23 heavy (non-hydrogen) atoms. The van der Waals surface area contributed by atoms with Gasteiger partial charge in [0.05, 0.1) is 0 Å². The third kappa shape index (κ3) is 4.81. The van der Waals surface area contributed by atoms with E-state index in [1.165, 1.54) is 0 Å². The quantitative estimate of drug-likeness (QED) is 0.834. The molecule has 0 aromatic heterocycles. The maximum atomic E-state index is 12.3. The maximum absolute atomic E-state index is 12.3. The number of nitrogens with one attached hydrogen (secondary N) is 2. The van der Waals surface area contributed by atoms with E-state index in [2.05, 4.69) is 10.6 Å². The standard InChI is InChI=1S/C19H20N2O2/c1-14(2)17(21-18(22)16-11-7-4-8-12-16)19(23)20-13-15-9-5-3-6-10-15/h3-12H,13H2,1-2H3,(H,20,23)(H,21,22). The molecule has 0 fully saturated rings. The Balaban J connectivity index is 2.03. The van der Waals surface area contributed by atoms with Crippen molar-refractivity contribution in [3.05, 3.63) is 83.1 Å². The van der Waals surface area contributed by atoms with Crippen LogP contribution in [0.5, 0.6) is 0 Å². The van der Waals surface area contributed by atoms with E-state index in [-0.39, 0.29) is 17.5 Å². The van der Waals surface area contributed by atoms with Crippen molar-refractivity contribution < 1.29 is 9.59 Å². The van der Waals surface area contributed by atoms with Crippen molar-refractivity contribution in [2.24, 2.45) is 0 Å². The third-order valence-electron chi connectivity index (χ3n) is 3.30. The summed E-state index contributed by atoms with van der Waals surface area (Å²) in [7, 11) is 0. The van der Waals surface area contributed by atoms with Gasteiger partial charge in [-0.1, -0.05) is 48.5 Å².